The molecule has 1 aliphatic carbocycles. The van der Waals surface area contributed by atoms with Gasteiger partial charge in [0.15, 0.2) is 5.60 Å². The van der Waals surface area contributed by atoms with Crippen molar-refractivity contribution in [2.24, 2.45) is 0 Å². The maximum absolute atomic E-state index is 14.4. The van der Waals surface area contributed by atoms with E-state index in [4.69, 9.17) is 20.4 Å². The number of aromatic nitrogens is 3. The second kappa shape index (κ2) is 12.4. The molecule has 1 aromatic heterocycles. The van der Waals surface area contributed by atoms with Crippen LogP contribution in [0.1, 0.15) is 49.8 Å². The van der Waals surface area contributed by atoms with Crippen LogP contribution >= 0.6 is 0 Å². The summed E-state index contributed by atoms with van der Waals surface area (Å²) in [5.74, 6) is -5.16. The van der Waals surface area contributed by atoms with Crippen molar-refractivity contribution in [1.29, 1.82) is 0 Å². The number of nitrogens with zero attached hydrogens (tertiary/aromatic N) is 2. The first-order valence-corrected chi connectivity index (χ1v) is 11.9. The Bertz CT molecular complexity index is 1240. The number of carboxylic acid groups (broad SMARTS) is 3. The number of hydrogen-bond acceptors (Lipinski definition) is 7. The highest BCUT2D eigenvalue weighted by molar-refractivity contribution is 5.88. The maximum Gasteiger partial charge on any atom is 0.336 e. The van der Waals surface area contributed by atoms with Crippen LogP contribution in [0.3, 0.4) is 0 Å². The third-order valence-corrected chi connectivity index (χ3v) is 6.39. The van der Waals surface area contributed by atoms with Gasteiger partial charge in [-0.2, -0.15) is 15.4 Å². The molecule has 0 unspecified atom stereocenters. The molecule has 6 N–H and O–H groups in total. The van der Waals surface area contributed by atoms with Crippen LogP contribution in [0.25, 0.3) is 11.3 Å². The fourth-order valence-corrected chi connectivity index (χ4v) is 4.54. The van der Waals surface area contributed by atoms with Crippen LogP contribution in [-0.4, -0.2) is 59.3 Å². The largest absolute Gasteiger partial charge is 0.481 e. The second-order valence-corrected chi connectivity index (χ2v) is 9.09. The van der Waals surface area contributed by atoms with Crippen LogP contribution in [-0.2, 0) is 26.5 Å². The molecule has 1 heterocycles. The minimum absolute atomic E-state index is 0.139. The first-order chi connectivity index (χ1) is 18.1. The van der Waals surface area contributed by atoms with Gasteiger partial charge in [0.25, 0.3) is 0 Å². The molecule has 11 nitrogen and oxygen atoms in total. The lowest BCUT2D eigenvalue weighted by Crippen LogP contribution is -2.42. The minimum Gasteiger partial charge on any atom is -0.481 e. The normalized spacial score (nSPS) is 14.4. The Morgan fingerprint density at radius 2 is 1.50 bits per heavy atom. The third-order valence-electron chi connectivity index (χ3n) is 6.39. The molecule has 0 bridgehead atoms. The van der Waals surface area contributed by atoms with Crippen molar-refractivity contribution in [3.63, 3.8) is 0 Å². The summed E-state index contributed by atoms with van der Waals surface area (Å²) in [5, 5.41) is 48.7. The monoisotopic (exact) mass is 528 g/mol. The molecule has 1 aliphatic rings. The smallest absolute Gasteiger partial charge is 0.336 e. The van der Waals surface area contributed by atoms with Gasteiger partial charge in [0.1, 0.15) is 17.2 Å². The average Bonchev–Trinajstić information content (AvgIpc) is 3.53. The minimum atomic E-state index is -2.74. The first kappa shape index (κ1) is 28.4. The Morgan fingerprint density at radius 3 is 2.05 bits per heavy atom. The molecule has 0 atom stereocenters. The Balaban J connectivity index is 0.000000263. The van der Waals surface area contributed by atoms with Crippen molar-refractivity contribution < 1.29 is 39.2 Å². The molecule has 0 radical (unpaired) electrons. The van der Waals surface area contributed by atoms with Gasteiger partial charge in [-0.1, -0.05) is 61.4 Å². The average molecular weight is 529 g/mol. The molecule has 4 rings (SSSR count). The van der Waals surface area contributed by atoms with E-state index in [0.717, 1.165) is 48.2 Å². The van der Waals surface area contributed by atoms with Crippen LogP contribution in [0.5, 0.6) is 0 Å². The number of aliphatic hydroxyl groups is 1. The lowest BCUT2D eigenvalue weighted by Gasteiger charge is -2.31. The summed E-state index contributed by atoms with van der Waals surface area (Å²) >= 11 is 0. The van der Waals surface area contributed by atoms with Crippen LogP contribution in [0.15, 0.2) is 54.6 Å². The number of aliphatic carboxylic acids is 3. The van der Waals surface area contributed by atoms with Crippen molar-refractivity contribution >= 4 is 17.9 Å². The number of aromatic amines is 1. The van der Waals surface area contributed by atoms with Gasteiger partial charge in [-0.3, -0.25) is 9.59 Å². The van der Waals surface area contributed by atoms with Crippen LogP contribution < -0.4 is 5.32 Å². The van der Waals surface area contributed by atoms with E-state index in [9.17, 15) is 18.8 Å². The number of halogens is 1. The fourth-order valence-electron chi connectivity index (χ4n) is 4.54. The molecule has 202 valence electrons. The van der Waals surface area contributed by atoms with Crippen LogP contribution in [0.2, 0.25) is 0 Å². The number of carboxylic acids is 3. The van der Waals surface area contributed by atoms with Gasteiger partial charge < -0.3 is 25.7 Å². The van der Waals surface area contributed by atoms with E-state index in [1.807, 2.05) is 42.5 Å². The SMILES string of the molecule is Fc1ccccc1C1(NCc2n[nH]nc2-c2ccccc2)CCCC1.O=C(O)CC(O)(CC(=O)O)C(=O)O. The highest BCUT2D eigenvalue weighted by atomic mass is 19.1. The van der Waals surface area contributed by atoms with Gasteiger partial charge >= 0.3 is 17.9 Å². The number of H-pyrrole nitrogens is 1. The summed E-state index contributed by atoms with van der Waals surface area (Å²) in [6, 6.07) is 17.1. The maximum atomic E-state index is 14.4. The Morgan fingerprint density at radius 1 is 0.921 bits per heavy atom. The van der Waals surface area contributed by atoms with E-state index in [1.165, 1.54) is 0 Å². The number of nitrogens with one attached hydrogen (secondary N) is 2. The molecular weight excluding hydrogens is 499 g/mol. The number of rotatable bonds is 10. The van der Waals surface area contributed by atoms with Gasteiger partial charge in [0.05, 0.1) is 12.8 Å². The number of hydrogen-bond donors (Lipinski definition) is 6. The highest BCUT2D eigenvalue weighted by Crippen LogP contribution is 2.40. The van der Waals surface area contributed by atoms with E-state index in [-0.39, 0.29) is 11.4 Å². The molecule has 0 aliphatic heterocycles. The molecule has 1 saturated carbocycles. The topological polar surface area (TPSA) is 186 Å². The van der Waals surface area contributed by atoms with Gasteiger partial charge in [0, 0.05) is 23.2 Å². The predicted octanol–water partition coefficient (Wildman–Crippen LogP) is 2.92. The lowest BCUT2D eigenvalue weighted by molar-refractivity contribution is -0.170. The van der Waals surface area contributed by atoms with E-state index < -0.39 is 36.4 Å². The fraction of sp³-hybridized carbons (Fsp3) is 0.346. The molecule has 1 fully saturated rings. The van der Waals surface area contributed by atoms with Crippen molar-refractivity contribution in [2.45, 2.75) is 56.2 Å². The zero-order chi connectivity index (χ0) is 27.8. The summed E-state index contributed by atoms with van der Waals surface area (Å²) in [6.07, 6.45) is 1.79. The van der Waals surface area contributed by atoms with Crippen molar-refractivity contribution in [1.82, 2.24) is 20.7 Å². The zero-order valence-corrected chi connectivity index (χ0v) is 20.4. The summed E-state index contributed by atoms with van der Waals surface area (Å²) in [7, 11) is 0. The molecular formula is C26H29FN4O7. The summed E-state index contributed by atoms with van der Waals surface area (Å²) < 4.78 is 14.4. The quantitative estimate of drug-likeness (QED) is 0.228. The highest BCUT2D eigenvalue weighted by Gasteiger charge is 2.41. The van der Waals surface area contributed by atoms with Gasteiger partial charge in [-0.25, -0.2) is 9.18 Å². The predicted molar refractivity (Wildman–Crippen MR) is 132 cm³/mol. The zero-order valence-electron chi connectivity index (χ0n) is 20.4. The van der Waals surface area contributed by atoms with Gasteiger partial charge in [-0.15, -0.1) is 0 Å². The number of benzene rings is 2. The van der Waals surface area contributed by atoms with Crippen LogP contribution in [0, 0.1) is 5.82 Å². The third kappa shape index (κ3) is 6.99. The van der Waals surface area contributed by atoms with Gasteiger partial charge in [0.2, 0.25) is 0 Å². The van der Waals surface area contributed by atoms with Crippen molar-refractivity contribution in [3.05, 3.63) is 71.7 Å². The first-order valence-electron chi connectivity index (χ1n) is 11.9. The Kier molecular flexibility index (Phi) is 9.26. The summed E-state index contributed by atoms with van der Waals surface area (Å²) in [6.45, 7) is 0.551. The molecule has 0 amide bonds. The number of carbonyl (C=O) groups is 3. The van der Waals surface area contributed by atoms with Crippen LogP contribution in [0.4, 0.5) is 4.39 Å². The molecule has 12 heteroatoms. The molecule has 38 heavy (non-hydrogen) atoms. The lowest BCUT2D eigenvalue weighted by atomic mass is 9.87. The molecule has 2 aromatic carbocycles. The molecule has 0 saturated heterocycles. The van der Waals surface area contributed by atoms with Gasteiger partial charge in [-0.05, 0) is 18.9 Å². The second-order valence-electron chi connectivity index (χ2n) is 9.09. The van der Waals surface area contributed by atoms with E-state index in [1.54, 1.807) is 12.1 Å². The standard InChI is InChI=1S/C20H21FN4.C6H8O7/c21-17-11-5-4-10-16(17)20(12-6-7-13-20)22-14-18-19(24-25-23-18)15-8-2-1-3-9-15;7-3(8)1-6(13,5(11)12)2-4(9)10/h1-5,8-11,22H,6-7,12-14H2,(H,23,24,25);13H,1-2H2,(H,7,8)(H,9,10)(H,11,12). The Hall–Kier alpha value is -4.16. The van der Waals surface area contributed by atoms with Crippen molar-refractivity contribution in [3.8, 4) is 11.3 Å². The van der Waals surface area contributed by atoms with Crippen molar-refractivity contribution in [2.75, 3.05) is 0 Å². The van der Waals surface area contributed by atoms with E-state index in [0.29, 0.717) is 6.54 Å². The molecule has 3 aromatic rings. The summed E-state index contributed by atoms with van der Waals surface area (Å²) in [4.78, 5) is 30.5. The molecule has 0 spiro atoms. The van der Waals surface area contributed by atoms with E-state index >= 15 is 0 Å². The Labute approximate surface area is 217 Å². The summed E-state index contributed by atoms with van der Waals surface area (Å²) in [5.41, 5.74) is 0.427. The van der Waals surface area contributed by atoms with E-state index in [2.05, 4.69) is 20.7 Å².